The second-order valence-electron chi connectivity index (χ2n) is 5.85. The Labute approximate surface area is 154 Å². The topological polar surface area (TPSA) is 102 Å². The Morgan fingerprint density at radius 2 is 1.74 bits per heavy atom. The lowest BCUT2D eigenvalue weighted by Gasteiger charge is -2.08. The van der Waals surface area contributed by atoms with Crippen molar-refractivity contribution in [3.63, 3.8) is 0 Å². The van der Waals surface area contributed by atoms with Crippen molar-refractivity contribution in [1.29, 1.82) is 0 Å². The molecule has 2 aromatic carbocycles. The molecule has 0 bridgehead atoms. The fraction of sp³-hybridized carbons (Fsp3) is 0.0526. The van der Waals surface area contributed by atoms with E-state index in [1.165, 1.54) is 18.2 Å². The highest BCUT2D eigenvalue weighted by molar-refractivity contribution is 7.92. The summed E-state index contributed by atoms with van der Waals surface area (Å²) in [5, 5.41) is 0.403. The lowest BCUT2D eigenvalue weighted by molar-refractivity contribution is 0.533. The first-order valence-electron chi connectivity index (χ1n) is 8.02. The molecule has 1 N–H and O–H groups in total. The molecular formula is C19H14N2O5S. The van der Waals surface area contributed by atoms with Gasteiger partial charge in [0, 0.05) is 29.6 Å². The molecule has 0 aliphatic carbocycles. The molecule has 2 aromatic heterocycles. The summed E-state index contributed by atoms with van der Waals surface area (Å²) in [6, 6.07) is 16.3. The molecule has 0 aliphatic rings. The summed E-state index contributed by atoms with van der Waals surface area (Å²) in [5.74, 6) is 0.418. The molecule has 8 heteroatoms. The number of aromatic nitrogens is 1. The Kier molecular flexibility index (Phi) is 4.04. The number of nitrogens with one attached hydrogen (secondary N) is 1. The van der Waals surface area contributed by atoms with Crippen LogP contribution in [0.15, 0.2) is 79.3 Å². The zero-order chi connectivity index (χ0) is 19.0. The molecule has 2 heterocycles. The summed E-state index contributed by atoms with van der Waals surface area (Å²) in [5.41, 5.74) is 0.823. The third-order valence-corrected chi connectivity index (χ3v) is 5.16. The van der Waals surface area contributed by atoms with Gasteiger partial charge in [-0.3, -0.25) is 4.72 Å². The van der Waals surface area contributed by atoms with E-state index in [1.54, 1.807) is 43.3 Å². The monoisotopic (exact) mass is 382 g/mol. The number of anilines is 1. The number of nitrogens with zero attached hydrogens (tertiary/aromatic N) is 1. The van der Waals surface area contributed by atoms with Gasteiger partial charge < -0.3 is 8.83 Å². The maximum Gasteiger partial charge on any atom is 0.336 e. The van der Waals surface area contributed by atoms with E-state index >= 15 is 0 Å². The molecule has 0 unspecified atom stereocenters. The Hall–Kier alpha value is -3.39. The first-order chi connectivity index (χ1) is 12.9. The van der Waals surface area contributed by atoms with E-state index in [0.29, 0.717) is 22.2 Å². The van der Waals surface area contributed by atoms with Gasteiger partial charge in [0.05, 0.1) is 0 Å². The lowest BCUT2D eigenvalue weighted by Crippen LogP contribution is -2.14. The molecule has 136 valence electrons. The Morgan fingerprint density at radius 3 is 2.52 bits per heavy atom. The van der Waals surface area contributed by atoms with Gasteiger partial charge in [-0.2, -0.15) is 13.4 Å². The van der Waals surface area contributed by atoms with Crippen molar-refractivity contribution in [2.75, 3.05) is 4.72 Å². The van der Waals surface area contributed by atoms with E-state index in [-0.39, 0.29) is 16.7 Å². The number of rotatable bonds is 4. The minimum absolute atomic E-state index is 0.174. The van der Waals surface area contributed by atoms with Gasteiger partial charge in [-0.05, 0) is 24.3 Å². The maximum atomic E-state index is 12.9. The van der Waals surface area contributed by atoms with E-state index in [4.69, 9.17) is 8.83 Å². The average Bonchev–Trinajstić information content (AvgIpc) is 3.05. The molecule has 0 fully saturated rings. The van der Waals surface area contributed by atoms with Crippen LogP contribution in [-0.2, 0) is 10.0 Å². The molecule has 7 nitrogen and oxygen atoms in total. The number of oxazole rings is 1. The van der Waals surface area contributed by atoms with E-state index in [1.807, 2.05) is 6.07 Å². The molecule has 0 spiro atoms. The SMILES string of the molecule is Cc1nc(S(=O)(=O)Nc2ccc3oc(=O)ccc3c2)c(-c2ccccc2)o1. The maximum absolute atomic E-state index is 12.9. The van der Waals surface area contributed by atoms with Crippen LogP contribution in [-0.4, -0.2) is 13.4 Å². The van der Waals surface area contributed by atoms with Crippen molar-refractivity contribution in [3.05, 3.63) is 77.0 Å². The van der Waals surface area contributed by atoms with Crippen LogP contribution in [0.3, 0.4) is 0 Å². The second-order valence-corrected chi connectivity index (χ2v) is 7.44. The van der Waals surface area contributed by atoms with E-state index < -0.39 is 15.6 Å². The molecule has 0 aliphatic heterocycles. The molecule has 4 rings (SSSR count). The minimum Gasteiger partial charge on any atom is -0.440 e. The predicted octanol–water partition coefficient (Wildman–Crippen LogP) is 3.56. The zero-order valence-electron chi connectivity index (χ0n) is 14.2. The number of hydrogen-bond donors (Lipinski definition) is 1. The van der Waals surface area contributed by atoms with Crippen LogP contribution in [0.1, 0.15) is 5.89 Å². The number of fused-ring (bicyclic) bond motifs is 1. The smallest absolute Gasteiger partial charge is 0.336 e. The van der Waals surface area contributed by atoms with E-state index in [2.05, 4.69) is 9.71 Å². The van der Waals surface area contributed by atoms with Gasteiger partial charge >= 0.3 is 5.63 Å². The predicted molar refractivity (Wildman–Crippen MR) is 100.0 cm³/mol. The Balaban J connectivity index is 1.75. The highest BCUT2D eigenvalue weighted by Gasteiger charge is 2.26. The van der Waals surface area contributed by atoms with Gasteiger partial charge in [0.1, 0.15) is 5.58 Å². The molecule has 0 saturated carbocycles. The zero-order valence-corrected chi connectivity index (χ0v) is 15.0. The van der Waals surface area contributed by atoms with Crippen molar-refractivity contribution in [2.45, 2.75) is 11.9 Å². The number of aryl methyl sites for hydroxylation is 1. The minimum atomic E-state index is -4.00. The van der Waals surface area contributed by atoms with Crippen LogP contribution in [0.5, 0.6) is 0 Å². The summed E-state index contributed by atoms with van der Waals surface area (Å²) in [7, 11) is -4.00. The van der Waals surface area contributed by atoms with Crippen molar-refractivity contribution in [1.82, 2.24) is 4.98 Å². The van der Waals surface area contributed by atoms with Crippen molar-refractivity contribution in [3.8, 4) is 11.3 Å². The second kappa shape index (κ2) is 6.40. The standard InChI is InChI=1S/C19H14N2O5S/c1-12-20-19(18(25-12)13-5-3-2-4-6-13)27(23,24)21-15-8-9-16-14(11-15)7-10-17(22)26-16/h2-11,21H,1H3. The number of benzene rings is 2. The Bertz CT molecular complexity index is 1290. The molecule has 27 heavy (non-hydrogen) atoms. The highest BCUT2D eigenvalue weighted by Crippen LogP contribution is 2.29. The first kappa shape index (κ1) is 17.0. The normalized spacial score (nSPS) is 11.6. The molecule has 0 atom stereocenters. The van der Waals surface area contributed by atoms with Crippen LogP contribution >= 0.6 is 0 Å². The van der Waals surface area contributed by atoms with Crippen molar-refractivity contribution in [2.24, 2.45) is 0 Å². The summed E-state index contributed by atoms with van der Waals surface area (Å²) in [6.45, 7) is 1.59. The fourth-order valence-corrected chi connectivity index (χ4v) is 3.89. The third-order valence-electron chi connectivity index (χ3n) is 3.87. The largest absolute Gasteiger partial charge is 0.440 e. The van der Waals surface area contributed by atoms with E-state index in [0.717, 1.165) is 0 Å². The molecule has 4 aromatic rings. The van der Waals surface area contributed by atoms with Crippen LogP contribution < -0.4 is 10.3 Å². The van der Waals surface area contributed by atoms with Gasteiger partial charge in [0.25, 0.3) is 10.0 Å². The van der Waals surface area contributed by atoms with Crippen LogP contribution in [0.2, 0.25) is 0 Å². The molecular weight excluding hydrogens is 368 g/mol. The lowest BCUT2D eigenvalue weighted by atomic mass is 10.2. The van der Waals surface area contributed by atoms with Crippen LogP contribution in [0.25, 0.3) is 22.3 Å². The summed E-state index contributed by atoms with van der Waals surface area (Å²) >= 11 is 0. The summed E-state index contributed by atoms with van der Waals surface area (Å²) in [4.78, 5) is 15.3. The molecule has 0 saturated heterocycles. The molecule has 0 amide bonds. The van der Waals surface area contributed by atoms with Crippen molar-refractivity contribution >= 4 is 26.7 Å². The highest BCUT2D eigenvalue weighted by atomic mass is 32.2. The first-order valence-corrected chi connectivity index (χ1v) is 9.50. The van der Waals surface area contributed by atoms with Crippen molar-refractivity contribution < 1.29 is 17.3 Å². The third kappa shape index (κ3) is 3.34. The Morgan fingerprint density at radius 1 is 0.963 bits per heavy atom. The van der Waals surface area contributed by atoms with Crippen LogP contribution in [0.4, 0.5) is 5.69 Å². The van der Waals surface area contributed by atoms with Gasteiger partial charge in [-0.25, -0.2) is 4.79 Å². The number of hydrogen-bond acceptors (Lipinski definition) is 6. The van der Waals surface area contributed by atoms with Gasteiger partial charge in [-0.15, -0.1) is 0 Å². The summed E-state index contributed by atoms with van der Waals surface area (Å²) < 4.78 is 38.9. The summed E-state index contributed by atoms with van der Waals surface area (Å²) in [6.07, 6.45) is 0. The van der Waals surface area contributed by atoms with Gasteiger partial charge in [0.15, 0.2) is 11.7 Å². The van der Waals surface area contributed by atoms with Gasteiger partial charge in [0.2, 0.25) is 5.03 Å². The quantitative estimate of drug-likeness (QED) is 0.542. The average molecular weight is 382 g/mol. The van der Waals surface area contributed by atoms with Gasteiger partial charge in [-0.1, -0.05) is 30.3 Å². The van der Waals surface area contributed by atoms with Crippen LogP contribution in [0, 0.1) is 6.92 Å². The van der Waals surface area contributed by atoms with E-state index in [9.17, 15) is 13.2 Å². The fourth-order valence-electron chi connectivity index (χ4n) is 2.70. The number of sulfonamides is 1. The molecule has 0 radical (unpaired) electrons.